The molecule has 0 aliphatic heterocycles. The third-order valence-corrected chi connectivity index (χ3v) is 4.65. The third-order valence-electron chi connectivity index (χ3n) is 3.83. The first-order valence-electron chi connectivity index (χ1n) is 8.45. The van der Waals surface area contributed by atoms with Crippen LogP contribution in [0.2, 0.25) is 10.0 Å². The van der Waals surface area contributed by atoms with Crippen molar-refractivity contribution in [3.8, 4) is 5.75 Å². The molecule has 5 nitrogen and oxygen atoms in total. The molecule has 0 saturated carbocycles. The minimum Gasteiger partial charge on any atom is -0.491 e. The van der Waals surface area contributed by atoms with Crippen molar-refractivity contribution < 1.29 is 4.74 Å². The van der Waals surface area contributed by atoms with Crippen LogP contribution in [-0.2, 0) is 12.8 Å². The number of H-pyrrole nitrogens is 1. The number of halogens is 2. The average Bonchev–Trinajstić information content (AvgIpc) is 3.02. The van der Waals surface area contributed by atoms with Gasteiger partial charge in [-0.25, -0.2) is 0 Å². The fourth-order valence-corrected chi connectivity index (χ4v) is 3.38. The second kappa shape index (κ2) is 9.17. The number of benzene rings is 2. The van der Waals surface area contributed by atoms with E-state index in [1.54, 1.807) is 23.0 Å². The summed E-state index contributed by atoms with van der Waals surface area (Å²) in [5.41, 5.74) is 1.97. The number of nitrogens with one attached hydrogen (secondary N) is 1. The molecule has 0 bridgehead atoms. The van der Waals surface area contributed by atoms with Crippen molar-refractivity contribution in [1.82, 2.24) is 14.9 Å². The van der Waals surface area contributed by atoms with Crippen molar-refractivity contribution >= 4 is 41.6 Å². The Bertz CT molecular complexity index is 975. The normalized spacial score (nSPS) is 11.2. The van der Waals surface area contributed by atoms with E-state index >= 15 is 0 Å². The van der Waals surface area contributed by atoms with Gasteiger partial charge in [0.1, 0.15) is 0 Å². The molecule has 0 atom stereocenters. The largest absolute Gasteiger partial charge is 0.491 e. The van der Waals surface area contributed by atoms with E-state index in [4.69, 9.17) is 40.2 Å². The van der Waals surface area contributed by atoms with Crippen LogP contribution in [0.1, 0.15) is 23.9 Å². The summed E-state index contributed by atoms with van der Waals surface area (Å²) in [6.07, 6.45) is 3.20. The number of hydrogen-bond acceptors (Lipinski definition) is 4. The molecule has 0 radical (unpaired) electrons. The smallest absolute Gasteiger partial charge is 0.216 e. The van der Waals surface area contributed by atoms with Crippen LogP contribution in [0.4, 0.5) is 0 Å². The summed E-state index contributed by atoms with van der Waals surface area (Å²) in [7, 11) is 0. The van der Waals surface area contributed by atoms with Gasteiger partial charge in [-0.05, 0) is 48.8 Å². The van der Waals surface area contributed by atoms with Gasteiger partial charge in [0, 0.05) is 6.42 Å². The number of aromatic amines is 1. The molecule has 0 aliphatic carbocycles. The zero-order valence-electron chi connectivity index (χ0n) is 14.7. The minimum atomic E-state index is 0.428. The van der Waals surface area contributed by atoms with Gasteiger partial charge in [-0.1, -0.05) is 53.5 Å². The van der Waals surface area contributed by atoms with Gasteiger partial charge < -0.3 is 4.74 Å². The summed E-state index contributed by atoms with van der Waals surface area (Å²) >= 11 is 17.8. The lowest BCUT2D eigenvalue weighted by Crippen LogP contribution is -2.02. The SMILES string of the molecule is CCOc1c(Cl)cc(/C=N\n2c(CCc3ccccc3)n[nH]c2=S)cc1Cl. The van der Waals surface area contributed by atoms with Gasteiger partial charge >= 0.3 is 0 Å². The maximum absolute atomic E-state index is 6.24. The molecule has 0 aliphatic rings. The monoisotopic (exact) mass is 420 g/mol. The zero-order chi connectivity index (χ0) is 19.2. The van der Waals surface area contributed by atoms with Crippen LogP contribution in [0.5, 0.6) is 5.75 Å². The number of nitrogens with zero attached hydrogens (tertiary/aromatic N) is 3. The highest BCUT2D eigenvalue weighted by atomic mass is 35.5. The van der Waals surface area contributed by atoms with Crippen LogP contribution in [-0.4, -0.2) is 27.7 Å². The van der Waals surface area contributed by atoms with Crippen molar-refractivity contribution in [1.29, 1.82) is 0 Å². The first kappa shape index (κ1) is 19.6. The van der Waals surface area contributed by atoms with Crippen molar-refractivity contribution in [2.24, 2.45) is 5.10 Å². The van der Waals surface area contributed by atoms with E-state index in [0.29, 0.717) is 33.6 Å². The number of aryl methyl sites for hydroxylation is 2. The van der Waals surface area contributed by atoms with Crippen LogP contribution in [0.15, 0.2) is 47.6 Å². The molecule has 0 spiro atoms. The van der Waals surface area contributed by atoms with E-state index in [0.717, 1.165) is 17.8 Å². The highest BCUT2D eigenvalue weighted by molar-refractivity contribution is 7.71. The fraction of sp³-hybridized carbons (Fsp3) is 0.211. The van der Waals surface area contributed by atoms with Crippen LogP contribution in [0.3, 0.4) is 0 Å². The molecule has 0 saturated heterocycles. The predicted octanol–water partition coefficient (Wildman–Crippen LogP) is 5.31. The number of hydrogen-bond donors (Lipinski definition) is 1. The Labute approximate surface area is 172 Å². The molecule has 1 aromatic heterocycles. The average molecular weight is 421 g/mol. The first-order valence-corrected chi connectivity index (χ1v) is 9.61. The molecule has 2 aromatic carbocycles. The lowest BCUT2D eigenvalue weighted by atomic mass is 10.1. The van der Waals surface area contributed by atoms with Crippen molar-refractivity contribution in [2.75, 3.05) is 6.61 Å². The van der Waals surface area contributed by atoms with Crippen molar-refractivity contribution in [3.05, 3.63) is 74.2 Å². The third kappa shape index (κ3) is 4.97. The lowest BCUT2D eigenvalue weighted by molar-refractivity contribution is 0.340. The molecule has 8 heteroatoms. The Balaban J connectivity index is 1.79. The molecule has 0 amide bonds. The summed E-state index contributed by atoms with van der Waals surface area (Å²) < 4.78 is 7.48. The summed E-state index contributed by atoms with van der Waals surface area (Å²) in [6, 6.07) is 13.7. The topological polar surface area (TPSA) is 55.2 Å². The van der Waals surface area contributed by atoms with Gasteiger partial charge in [0.05, 0.1) is 22.9 Å². The summed E-state index contributed by atoms with van der Waals surface area (Å²) in [5, 5.41) is 12.4. The van der Waals surface area contributed by atoms with E-state index in [9.17, 15) is 0 Å². The highest BCUT2D eigenvalue weighted by Crippen LogP contribution is 2.33. The molecule has 27 heavy (non-hydrogen) atoms. The van der Waals surface area contributed by atoms with Gasteiger partial charge in [-0.3, -0.25) is 5.10 Å². The molecular weight excluding hydrogens is 403 g/mol. The minimum absolute atomic E-state index is 0.428. The van der Waals surface area contributed by atoms with Crippen molar-refractivity contribution in [2.45, 2.75) is 19.8 Å². The summed E-state index contributed by atoms with van der Waals surface area (Å²) in [4.78, 5) is 0. The second-order valence-corrected chi connectivity index (χ2v) is 6.93. The fourth-order valence-electron chi connectivity index (χ4n) is 2.57. The maximum Gasteiger partial charge on any atom is 0.216 e. The number of rotatable bonds is 7. The Hall–Kier alpha value is -2.15. The molecule has 0 unspecified atom stereocenters. The Morgan fingerprint density at radius 2 is 1.89 bits per heavy atom. The first-order chi connectivity index (χ1) is 13.1. The maximum atomic E-state index is 6.24. The Kier molecular flexibility index (Phi) is 6.66. The standard InChI is InChI=1S/C19H18Cl2N4OS/c1-2-26-18-15(20)10-14(11-16(18)21)12-22-25-17(23-24-19(25)27)9-8-13-6-4-3-5-7-13/h3-7,10-12H,2,8-9H2,1H3,(H,24,27)/b22-12-. The molecule has 0 fully saturated rings. The van der Waals surface area contributed by atoms with Gasteiger partial charge in [-0.2, -0.15) is 14.9 Å². The molecular formula is C19H18Cl2N4OS. The quantitative estimate of drug-likeness (QED) is 0.415. The summed E-state index contributed by atoms with van der Waals surface area (Å²) in [6.45, 7) is 2.36. The highest BCUT2D eigenvalue weighted by Gasteiger charge is 2.09. The Morgan fingerprint density at radius 3 is 2.56 bits per heavy atom. The van der Waals surface area contributed by atoms with E-state index < -0.39 is 0 Å². The van der Waals surface area contributed by atoms with E-state index in [-0.39, 0.29) is 0 Å². The van der Waals surface area contributed by atoms with Gasteiger partial charge in [0.25, 0.3) is 0 Å². The Morgan fingerprint density at radius 1 is 1.19 bits per heavy atom. The lowest BCUT2D eigenvalue weighted by Gasteiger charge is -2.08. The van der Waals surface area contributed by atoms with E-state index in [1.165, 1.54) is 5.56 Å². The molecule has 3 rings (SSSR count). The molecule has 3 aromatic rings. The molecule has 1 heterocycles. The number of aromatic nitrogens is 3. The summed E-state index contributed by atoms with van der Waals surface area (Å²) in [5.74, 6) is 1.23. The molecule has 1 N–H and O–H groups in total. The van der Waals surface area contributed by atoms with Gasteiger partial charge in [0.2, 0.25) is 4.77 Å². The van der Waals surface area contributed by atoms with Gasteiger partial charge in [-0.15, -0.1) is 0 Å². The van der Waals surface area contributed by atoms with E-state index in [2.05, 4.69) is 27.4 Å². The number of ether oxygens (including phenoxy) is 1. The van der Waals surface area contributed by atoms with Crippen molar-refractivity contribution in [3.63, 3.8) is 0 Å². The zero-order valence-corrected chi connectivity index (χ0v) is 17.0. The van der Waals surface area contributed by atoms with Gasteiger partial charge in [0.15, 0.2) is 11.6 Å². The second-order valence-electron chi connectivity index (χ2n) is 5.73. The van der Waals surface area contributed by atoms with E-state index in [1.807, 2.05) is 25.1 Å². The molecule has 140 valence electrons. The van der Waals surface area contributed by atoms with Crippen LogP contribution >= 0.6 is 35.4 Å². The predicted molar refractivity (Wildman–Crippen MR) is 112 cm³/mol. The van der Waals surface area contributed by atoms with Crippen LogP contribution in [0.25, 0.3) is 0 Å². The van der Waals surface area contributed by atoms with Crippen LogP contribution in [0, 0.1) is 4.77 Å². The van der Waals surface area contributed by atoms with Crippen LogP contribution < -0.4 is 4.74 Å².